The van der Waals surface area contributed by atoms with E-state index in [2.05, 4.69) is 5.32 Å². The van der Waals surface area contributed by atoms with E-state index in [9.17, 15) is 9.18 Å². The number of carbonyl (C=O) groups is 1. The van der Waals surface area contributed by atoms with Gasteiger partial charge in [0, 0.05) is 11.7 Å². The normalized spacial score (nSPS) is 31.4. The fourth-order valence-corrected chi connectivity index (χ4v) is 3.01. The van der Waals surface area contributed by atoms with Gasteiger partial charge in [-0.25, -0.2) is 4.39 Å². The van der Waals surface area contributed by atoms with Crippen LogP contribution < -0.4 is 11.1 Å². The van der Waals surface area contributed by atoms with Gasteiger partial charge in [0.1, 0.15) is 5.82 Å². The summed E-state index contributed by atoms with van der Waals surface area (Å²) >= 11 is 0. The molecule has 1 aliphatic carbocycles. The van der Waals surface area contributed by atoms with Crippen LogP contribution in [0.3, 0.4) is 0 Å². The van der Waals surface area contributed by atoms with Crippen molar-refractivity contribution >= 4 is 11.6 Å². The Morgan fingerprint density at radius 3 is 2.76 bits per heavy atom. The summed E-state index contributed by atoms with van der Waals surface area (Å²) in [7, 11) is 0. The van der Waals surface area contributed by atoms with Gasteiger partial charge in [-0.1, -0.05) is 0 Å². The SMILES string of the molecule is NC1CCC2(CC1)C(=O)Nc1ccc(F)cc12. The molecule has 1 heterocycles. The summed E-state index contributed by atoms with van der Waals surface area (Å²) in [5.74, 6) is -0.278. The molecule has 1 saturated carbocycles. The third-order valence-corrected chi connectivity index (χ3v) is 4.06. The maximum atomic E-state index is 13.3. The zero-order chi connectivity index (χ0) is 12.0. The van der Waals surface area contributed by atoms with Crippen molar-refractivity contribution in [2.24, 2.45) is 5.73 Å². The zero-order valence-corrected chi connectivity index (χ0v) is 9.50. The second-order valence-electron chi connectivity index (χ2n) is 5.06. The van der Waals surface area contributed by atoms with Crippen LogP contribution >= 0.6 is 0 Å². The van der Waals surface area contributed by atoms with Crippen LogP contribution in [-0.2, 0) is 10.2 Å². The lowest BCUT2D eigenvalue weighted by molar-refractivity contribution is -0.122. The van der Waals surface area contributed by atoms with E-state index in [-0.39, 0.29) is 17.8 Å². The van der Waals surface area contributed by atoms with Crippen LogP contribution in [0.15, 0.2) is 18.2 Å². The summed E-state index contributed by atoms with van der Waals surface area (Å²) < 4.78 is 13.3. The highest BCUT2D eigenvalue weighted by Crippen LogP contribution is 2.47. The van der Waals surface area contributed by atoms with Crippen molar-refractivity contribution in [3.8, 4) is 0 Å². The number of anilines is 1. The molecule has 0 atom stereocenters. The van der Waals surface area contributed by atoms with Crippen molar-refractivity contribution in [2.45, 2.75) is 37.1 Å². The first-order valence-electron chi connectivity index (χ1n) is 5.99. The summed E-state index contributed by atoms with van der Waals surface area (Å²) in [6.45, 7) is 0. The van der Waals surface area contributed by atoms with Gasteiger partial charge in [-0.3, -0.25) is 4.79 Å². The molecule has 3 rings (SSSR count). The van der Waals surface area contributed by atoms with Gasteiger partial charge in [0.2, 0.25) is 5.91 Å². The molecule has 1 aromatic rings. The highest BCUT2D eigenvalue weighted by molar-refractivity contribution is 6.06. The van der Waals surface area contributed by atoms with Crippen molar-refractivity contribution in [3.05, 3.63) is 29.6 Å². The Morgan fingerprint density at radius 2 is 2.06 bits per heavy atom. The Kier molecular flexibility index (Phi) is 2.23. The van der Waals surface area contributed by atoms with E-state index in [1.54, 1.807) is 6.07 Å². The molecule has 17 heavy (non-hydrogen) atoms. The van der Waals surface area contributed by atoms with E-state index < -0.39 is 5.41 Å². The number of carbonyl (C=O) groups excluding carboxylic acids is 1. The number of benzene rings is 1. The number of hydrogen-bond donors (Lipinski definition) is 2. The topological polar surface area (TPSA) is 55.1 Å². The van der Waals surface area contributed by atoms with Crippen LogP contribution in [0.4, 0.5) is 10.1 Å². The van der Waals surface area contributed by atoms with E-state index in [0.717, 1.165) is 36.9 Å². The van der Waals surface area contributed by atoms with Crippen molar-refractivity contribution in [1.82, 2.24) is 0 Å². The molecule has 4 heteroatoms. The molecule has 1 amide bonds. The lowest BCUT2D eigenvalue weighted by Gasteiger charge is -2.34. The Labute approximate surface area is 99.2 Å². The zero-order valence-electron chi connectivity index (χ0n) is 9.50. The molecule has 1 fully saturated rings. The number of amides is 1. The Hall–Kier alpha value is -1.42. The molecule has 3 N–H and O–H groups in total. The van der Waals surface area contributed by atoms with Crippen LogP contribution in [0.25, 0.3) is 0 Å². The van der Waals surface area contributed by atoms with Gasteiger partial charge in [0.25, 0.3) is 0 Å². The number of rotatable bonds is 0. The summed E-state index contributed by atoms with van der Waals surface area (Å²) in [6, 6.07) is 4.69. The lowest BCUT2D eigenvalue weighted by atomic mass is 9.69. The number of halogens is 1. The fourth-order valence-electron chi connectivity index (χ4n) is 3.01. The predicted molar refractivity (Wildman–Crippen MR) is 63.2 cm³/mol. The summed E-state index contributed by atoms with van der Waals surface area (Å²) in [6.07, 6.45) is 3.08. The molecule has 1 spiro atoms. The average Bonchev–Trinajstić information content (AvgIpc) is 2.57. The molecule has 0 radical (unpaired) electrons. The van der Waals surface area contributed by atoms with E-state index in [1.165, 1.54) is 12.1 Å². The number of nitrogens with one attached hydrogen (secondary N) is 1. The van der Waals surface area contributed by atoms with E-state index in [4.69, 9.17) is 5.73 Å². The minimum atomic E-state index is -0.534. The largest absolute Gasteiger partial charge is 0.328 e. The van der Waals surface area contributed by atoms with Crippen LogP contribution in [-0.4, -0.2) is 11.9 Å². The van der Waals surface area contributed by atoms with Gasteiger partial charge < -0.3 is 11.1 Å². The molecular formula is C13H15FN2O. The van der Waals surface area contributed by atoms with Gasteiger partial charge in [0.05, 0.1) is 5.41 Å². The van der Waals surface area contributed by atoms with E-state index >= 15 is 0 Å². The van der Waals surface area contributed by atoms with Gasteiger partial charge in [-0.05, 0) is 49.4 Å². The van der Waals surface area contributed by atoms with Gasteiger partial charge in [-0.2, -0.15) is 0 Å². The van der Waals surface area contributed by atoms with Crippen LogP contribution in [0.1, 0.15) is 31.2 Å². The van der Waals surface area contributed by atoms with Crippen molar-refractivity contribution < 1.29 is 9.18 Å². The monoisotopic (exact) mass is 234 g/mol. The highest BCUT2D eigenvalue weighted by atomic mass is 19.1. The third-order valence-electron chi connectivity index (χ3n) is 4.06. The Balaban J connectivity index is 2.06. The molecule has 0 saturated heterocycles. The molecule has 1 aromatic carbocycles. The van der Waals surface area contributed by atoms with Crippen LogP contribution in [0.5, 0.6) is 0 Å². The van der Waals surface area contributed by atoms with Gasteiger partial charge >= 0.3 is 0 Å². The van der Waals surface area contributed by atoms with E-state index in [0.29, 0.717) is 0 Å². The first-order chi connectivity index (χ1) is 8.12. The smallest absolute Gasteiger partial charge is 0.235 e. The number of hydrogen-bond acceptors (Lipinski definition) is 2. The second kappa shape index (κ2) is 3.53. The lowest BCUT2D eigenvalue weighted by Crippen LogP contribution is -2.41. The molecule has 0 unspecified atom stereocenters. The molecule has 0 aromatic heterocycles. The number of nitrogens with two attached hydrogens (primary N) is 1. The standard InChI is InChI=1S/C13H15FN2O/c14-8-1-2-11-10(7-8)13(12(17)16-11)5-3-9(15)4-6-13/h1-2,7,9H,3-6,15H2,(H,16,17). The maximum Gasteiger partial charge on any atom is 0.235 e. The predicted octanol–water partition coefficient (Wildman–Crippen LogP) is 1.92. The maximum absolute atomic E-state index is 13.3. The minimum Gasteiger partial charge on any atom is -0.328 e. The second-order valence-corrected chi connectivity index (χ2v) is 5.06. The van der Waals surface area contributed by atoms with Crippen LogP contribution in [0.2, 0.25) is 0 Å². The Bertz CT molecular complexity index is 478. The first-order valence-corrected chi connectivity index (χ1v) is 5.99. The summed E-state index contributed by atoms with van der Waals surface area (Å²) in [4.78, 5) is 12.2. The molecule has 0 bridgehead atoms. The van der Waals surface area contributed by atoms with E-state index in [1.807, 2.05) is 0 Å². The fraction of sp³-hybridized carbons (Fsp3) is 0.462. The van der Waals surface area contributed by atoms with Crippen molar-refractivity contribution in [2.75, 3.05) is 5.32 Å². The van der Waals surface area contributed by atoms with Crippen LogP contribution in [0, 0.1) is 5.82 Å². The number of fused-ring (bicyclic) bond motifs is 2. The first kappa shape index (κ1) is 10.7. The summed E-state index contributed by atoms with van der Waals surface area (Å²) in [5, 5.41) is 2.85. The molecule has 1 aliphatic heterocycles. The molecular weight excluding hydrogens is 219 g/mol. The summed E-state index contributed by atoms with van der Waals surface area (Å²) in [5.41, 5.74) is 6.91. The van der Waals surface area contributed by atoms with Crippen molar-refractivity contribution in [3.63, 3.8) is 0 Å². The molecule has 90 valence electrons. The minimum absolute atomic E-state index is 0.00463. The quantitative estimate of drug-likeness (QED) is 0.720. The Morgan fingerprint density at radius 1 is 1.35 bits per heavy atom. The van der Waals surface area contributed by atoms with Gasteiger partial charge in [-0.15, -0.1) is 0 Å². The molecule has 2 aliphatic rings. The van der Waals surface area contributed by atoms with Crippen molar-refractivity contribution in [1.29, 1.82) is 0 Å². The molecule has 3 nitrogen and oxygen atoms in total. The average molecular weight is 234 g/mol. The third kappa shape index (κ3) is 1.47. The highest BCUT2D eigenvalue weighted by Gasteiger charge is 2.48. The van der Waals surface area contributed by atoms with Gasteiger partial charge in [0.15, 0.2) is 0 Å².